The molecule has 0 aliphatic carbocycles. The number of piperidine rings is 1. The van der Waals surface area contributed by atoms with E-state index in [1.807, 2.05) is 24.1 Å². The molecule has 2 atom stereocenters. The van der Waals surface area contributed by atoms with E-state index in [1.165, 1.54) is 0 Å². The largest absolute Gasteiger partial charge is 0.508 e. The molecule has 4 heteroatoms. The summed E-state index contributed by atoms with van der Waals surface area (Å²) in [5.74, 6) is 0.833. The van der Waals surface area contributed by atoms with Crippen molar-refractivity contribution >= 4 is 5.91 Å². The molecule has 4 nitrogen and oxygen atoms in total. The fraction of sp³-hybridized carbons (Fsp3) is 0.562. The molecule has 1 aliphatic rings. The van der Waals surface area contributed by atoms with Gasteiger partial charge in [0.1, 0.15) is 5.75 Å². The summed E-state index contributed by atoms with van der Waals surface area (Å²) in [7, 11) is 1.99. The lowest BCUT2D eigenvalue weighted by atomic mass is 9.89. The number of carbonyl (C=O) groups excluding carboxylic acids is 1. The predicted octanol–water partition coefficient (Wildman–Crippen LogP) is 1.78. The number of amides is 1. The van der Waals surface area contributed by atoms with Gasteiger partial charge in [-0.1, -0.05) is 31.5 Å². The number of benzene rings is 1. The standard InChI is InChI=1S/C16H24N2O2/c1-3-12-11-18(9-8-14(12)17-2)16(20)10-13-6-4-5-7-15(13)19/h4-7,12,14,17,19H,3,8-11H2,1-2H3. The van der Waals surface area contributed by atoms with E-state index in [9.17, 15) is 9.90 Å². The SMILES string of the molecule is CCC1CN(C(=O)Cc2ccccc2O)CCC1NC. The van der Waals surface area contributed by atoms with Crippen molar-refractivity contribution in [2.75, 3.05) is 20.1 Å². The maximum atomic E-state index is 12.4. The lowest BCUT2D eigenvalue weighted by Gasteiger charge is -2.38. The Balaban J connectivity index is 1.98. The fourth-order valence-corrected chi connectivity index (χ4v) is 2.99. The van der Waals surface area contributed by atoms with Gasteiger partial charge < -0.3 is 15.3 Å². The molecule has 0 bridgehead atoms. The van der Waals surface area contributed by atoms with Crippen LogP contribution in [0.5, 0.6) is 5.75 Å². The van der Waals surface area contributed by atoms with Crippen molar-refractivity contribution in [1.29, 1.82) is 0 Å². The number of phenols is 1. The van der Waals surface area contributed by atoms with Crippen molar-refractivity contribution in [2.45, 2.75) is 32.2 Å². The Hall–Kier alpha value is -1.55. The zero-order valence-corrected chi connectivity index (χ0v) is 12.3. The summed E-state index contributed by atoms with van der Waals surface area (Å²) in [6, 6.07) is 7.57. The predicted molar refractivity (Wildman–Crippen MR) is 79.6 cm³/mol. The van der Waals surface area contributed by atoms with E-state index in [0.29, 0.717) is 17.5 Å². The van der Waals surface area contributed by atoms with Gasteiger partial charge in [0.25, 0.3) is 0 Å². The number of likely N-dealkylation sites (tertiary alicyclic amines) is 1. The minimum Gasteiger partial charge on any atom is -0.508 e. The lowest BCUT2D eigenvalue weighted by molar-refractivity contribution is -0.132. The van der Waals surface area contributed by atoms with Crippen LogP contribution in [0.4, 0.5) is 0 Å². The van der Waals surface area contributed by atoms with E-state index in [0.717, 1.165) is 25.9 Å². The van der Waals surface area contributed by atoms with Crippen molar-refractivity contribution in [2.24, 2.45) is 5.92 Å². The molecule has 2 rings (SSSR count). The van der Waals surface area contributed by atoms with Gasteiger partial charge in [-0.3, -0.25) is 4.79 Å². The number of carbonyl (C=O) groups is 1. The third kappa shape index (κ3) is 3.31. The normalized spacial score (nSPS) is 22.8. The smallest absolute Gasteiger partial charge is 0.227 e. The van der Waals surface area contributed by atoms with Gasteiger partial charge in [-0.25, -0.2) is 0 Å². The van der Waals surface area contributed by atoms with Gasteiger partial charge in [0.15, 0.2) is 0 Å². The minimum atomic E-state index is 0.111. The van der Waals surface area contributed by atoms with Gasteiger partial charge in [0, 0.05) is 24.7 Å². The highest BCUT2D eigenvalue weighted by atomic mass is 16.3. The molecule has 0 saturated carbocycles. The average Bonchev–Trinajstić information content (AvgIpc) is 2.48. The van der Waals surface area contributed by atoms with Crippen LogP contribution in [-0.4, -0.2) is 42.1 Å². The Morgan fingerprint density at radius 1 is 1.45 bits per heavy atom. The molecule has 20 heavy (non-hydrogen) atoms. The second-order valence-electron chi connectivity index (χ2n) is 5.50. The van der Waals surface area contributed by atoms with Gasteiger partial charge in [-0.15, -0.1) is 0 Å². The highest BCUT2D eigenvalue weighted by Gasteiger charge is 2.29. The molecule has 0 spiro atoms. The highest BCUT2D eigenvalue weighted by molar-refractivity contribution is 5.79. The summed E-state index contributed by atoms with van der Waals surface area (Å²) in [5.41, 5.74) is 0.710. The van der Waals surface area contributed by atoms with Crippen LogP contribution in [0.15, 0.2) is 24.3 Å². The minimum absolute atomic E-state index is 0.111. The molecule has 0 aromatic heterocycles. The summed E-state index contributed by atoms with van der Waals surface area (Å²) in [5, 5.41) is 13.1. The monoisotopic (exact) mass is 276 g/mol. The summed E-state index contributed by atoms with van der Waals surface area (Å²) in [4.78, 5) is 14.3. The molecular weight excluding hydrogens is 252 g/mol. The van der Waals surface area contributed by atoms with Crippen LogP contribution < -0.4 is 5.32 Å². The topological polar surface area (TPSA) is 52.6 Å². The Labute approximate surface area is 120 Å². The number of nitrogens with zero attached hydrogens (tertiary/aromatic N) is 1. The van der Waals surface area contributed by atoms with E-state index < -0.39 is 0 Å². The van der Waals surface area contributed by atoms with Gasteiger partial charge in [0.05, 0.1) is 6.42 Å². The molecule has 1 aromatic rings. The molecule has 110 valence electrons. The van der Waals surface area contributed by atoms with Crippen LogP contribution in [0.2, 0.25) is 0 Å². The Morgan fingerprint density at radius 2 is 2.20 bits per heavy atom. The van der Waals surface area contributed by atoms with Crippen LogP contribution in [0.3, 0.4) is 0 Å². The first-order valence-corrected chi connectivity index (χ1v) is 7.37. The third-order valence-corrected chi connectivity index (χ3v) is 4.32. The number of para-hydroxylation sites is 1. The zero-order chi connectivity index (χ0) is 14.5. The van der Waals surface area contributed by atoms with Gasteiger partial charge in [0.2, 0.25) is 5.91 Å². The molecule has 0 radical (unpaired) electrons. The molecule has 1 aliphatic heterocycles. The van der Waals surface area contributed by atoms with Crippen molar-refractivity contribution in [3.05, 3.63) is 29.8 Å². The van der Waals surface area contributed by atoms with E-state index in [-0.39, 0.29) is 18.1 Å². The van der Waals surface area contributed by atoms with Crippen molar-refractivity contribution in [1.82, 2.24) is 10.2 Å². The second-order valence-corrected chi connectivity index (χ2v) is 5.50. The molecule has 2 N–H and O–H groups in total. The fourth-order valence-electron chi connectivity index (χ4n) is 2.99. The number of nitrogens with one attached hydrogen (secondary N) is 1. The first-order chi connectivity index (χ1) is 9.65. The second kappa shape index (κ2) is 6.75. The van der Waals surface area contributed by atoms with Crippen LogP contribution in [0.1, 0.15) is 25.3 Å². The first kappa shape index (κ1) is 14.9. The van der Waals surface area contributed by atoms with E-state index in [1.54, 1.807) is 12.1 Å². The number of aromatic hydroxyl groups is 1. The maximum Gasteiger partial charge on any atom is 0.227 e. The van der Waals surface area contributed by atoms with E-state index in [4.69, 9.17) is 0 Å². The summed E-state index contributed by atoms with van der Waals surface area (Å²) in [6.07, 6.45) is 2.36. The molecule has 2 unspecified atom stereocenters. The number of rotatable bonds is 4. The average molecular weight is 276 g/mol. The summed E-state index contributed by atoms with van der Waals surface area (Å²) >= 11 is 0. The van der Waals surface area contributed by atoms with Crippen LogP contribution >= 0.6 is 0 Å². The first-order valence-electron chi connectivity index (χ1n) is 7.37. The molecular formula is C16H24N2O2. The van der Waals surface area contributed by atoms with E-state index in [2.05, 4.69) is 12.2 Å². The molecule has 1 amide bonds. The Bertz CT molecular complexity index is 462. The number of hydrogen-bond acceptors (Lipinski definition) is 3. The van der Waals surface area contributed by atoms with Crippen LogP contribution in [-0.2, 0) is 11.2 Å². The summed E-state index contributed by atoms with van der Waals surface area (Å²) < 4.78 is 0. The Kier molecular flexibility index (Phi) is 5.01. The molecule has 1 saturated heterocycles. The zero-order valence-electron chi connectivity index (χ0n) is 12.3. The summed E-state index contributed by atoms with van der Waals surface area (Å²) in [6.45, 7) is 3.79. The van der Waals surface area contributed by atoms with Crippen LogP contribution in [0, 0.1) is 5.92 Å². The van der Waals surface area contributed by atoms with Crippen molar-refractivity contribution in [3.63, 3.8) is 0 Å². The highest BCUT2D eigenvalue weighted by Crippen LogP contribution is 2.22. The third-order valence-electron chi connectivity index (χ3n) is 4.32. The molecule has 1 fully saturated rings. The quantitative estimate of drug-likeness (QED) is 0.881. The number of hydrogen-bond donors (Lipinski definition) is 2. The molecule has 1 aromatic carbocycles. The van der Waals surface area contributed by atoms with Crippen molar-refractivity contribution in [3.8, 4) is 5.75 Å². The van der Waals surface area contributed by atoms with E-state index >= 15 is 0 Å². The molecule has 1 heterocycles. The van der Waals surface area contributed by atoms with Gasteiger partial charge in [-0.2, -0.15) is 0 Å². The lowest BCUT2D eigenvalue weighted by Crippen LogP contribution is -2.50. The van der Waals surface area contributed by atoms with Gasteiger partial charge >= 0.3 is 0 Å². The van der Waals surface area contributed by atoms with Gasteiger partial charge in [-0.05, 0) is 25.5 Å². The van der Waals surface area contributed by atoms with Crippen molar-refractivity contribution < 1.29 is 9.90 Å². The Morgan fingerprint density at radius 3 is 2.85 bits per heavy atom. The number of phenolic OH excluding ortho intramolecular Hbond substituents is 1. The van der Waals surface area contributed by atoms with Crippen LogP contribution in [0.25, 0.3) is 0 Å². The maximum absolute atomic E-state index is 12.4.